The summed E-state index contributed by atoms with van der Waals surface area (Å²) in [7, 11) is 1.68. The van der Waals surface area contributed by atoms with Crippen molar-refractivity contribution in [3.05, 3.63) is 29.6 Å². The van der Waals surface area contributed by atoms with Gasteiger partial charge in [-0.15, -0.1) is 0 Å². The minimum atomic E-state index is -2.30. The predicted octanol–water partition coefficient (Wildman–Crippen LogP) is 2.52. The number of pyridine rings is 1. The van der Waals surface area contributed by atoms with Crippen molar-refractivity contribution in [3.63, 3.8) is 0 Å². The molecule has 0 saturated heterocycles. The lowest BCUT2D eigenvalue weighted by Crippen LogP contribution is -2.25. The molecule has 0 aliphatic rings. The number of aromatic nitrogens is 1. The summed E-state index contributed by atoms with van der Waals surface area (Å²) >= 11 is 0. The minimum Gasteiger partial charge on any atom is -0.311 e. The third-order valence-electron chi connectivity index (χ3n) is 2.60. The number of halogens is 2. The Hall–Kier alpha value is -1.07. The van der Waals surface area contributed by atoms with Gasteiger partial charge in [-0.2, -0.15) is 0 Å². The van der Waals surface area contributed by atoms with Gasteiger partial charge in [0.1, 0.15) is 0 Å². The van der Waals surface area contributed by atoms with Crippen molar-refractivity contribution in [2.75, 3.05) is 20.1 Å². The van der Waals surface area contributed by atoms with E-state index in [9.17, 15) is 8.78 Å². The average molecular weight is 271 g/mol. The molecule has 19 heavy (non-hydrogen) atoms. The van der Waals surface area contributed by atoms with Gasteiger partial charge >= 0.3 is 0 Å². The van der Waals surface area contributed by atoms with Crippen molar-refractivity contribution in [3.8, 4) is 0 Å². The molecule has 0 spiro atoms. The van der Waals surface area contributed by atoms with Crippen molar-refractivity contribution in [2.24, 2.45) is 5.92 Å². The number of nitrogens with one attached hydrogen (secondary N) is 1. The van der Waals surface area contributed by atoms with Crippen LogP contribution >= 0.6 is 0 Å². The van der Waals surface area contributed by atoms with Crippen molar-refractivity contribution in [1.29, 1.82) is 0 Å². The number of hydrogen-bond acceptors (Lipinski definition) is 3. The molecule has 108 valence electrons. The first-order chi connectivity index (χ1) is 8.97. The van der Waals surface area contributed by atoms with Crippen LogP contribution in [0.15, 0.2) is 18.2 Å². The van der Waals surface area contributed by atoms with Crippen LogP contribution in [0.25, 0.3) is 0 Å². The highest BCUT2D eigenvalue weighted by Crippen LogP contribution is 2.05. The van der Waals surface area contributed by atoms with E-state index < -0.39 is 6.43 Å². The lowest BCUT2D eigenvalue weighted by atomic mass is 10.2. The van der Waals surface area contributed by atoms with E-state index in [0.717, 1.165) is 17.9 Å². The summed E-state index contributed by atoms with van der Waals surface area (Å²) in [6.45, 7) is 6.17. The Labute approximate surface area is 114 Å². The lowest BCUT2D eigenvalue weighted by molar-refractivity contribution is 0.0970. The normalized spacial score (nSPS) is 11.8. The van der Waals surface area contributed by atoms with Crippen molar-refractivity contribution < 1.29 is 8.78 Å². The van der Waals surface area contributed by atoms with Crippen LogP contribution in [0.2, 0.25) is 0 Å². The predicted molar refractivity (Wildman–Crippen MR) is 73.1 cm³/mol. The highest BCUT2D eigenvalue weighted by atomic mass is 19.3. The van der Waals surface area contributed by atoms with E-state index in [1.54, 1.807) is 11.9 Å². The van der Waals surface area contributed by atoms with Crippen LogP contribution in [0.1, 0.15) is 25.2 Å². The lowest BCUT2D eigenvalue weighted by Gasteiger charge is -2.16. The zero-order chi connectivity index (χ0) is 14.3. The zero-order valence-corrected chi connectivity index (χ0v) is 11.9. The smallest absolute Gasteiger partial charge is 0.251 e. The molecule has 0 aliphatic carbocycles. The van der Waals surface area contributed by atoms with E-state index in [0.29, 0.717) is 19.0 Å². The molecule has 0 saturated carbocycles. The second kappa shape index (κ2) is 8.17. The highest BCUT2D eigenvalue weighted by Gasteiger charge is 2.09. The molecular weight excluding hydrogens is 248 g/mol. The van der Waals surface area contributed by atoms with Crippen molar-refractivity contribution in [1.82, 2.24) is 15.2 Å². The summed E-state index contributed by atoms with van der Waals surface area (Å²) in [4.78, 5) is 6.05. The Morgan fingerprint density at radius 2 is 1.95 bits per heavy atom. The maximum absolute atomic E-state index is 12.2. The number of rotatable bonds is 8. The van der Waals surface area contributed by atoms with Gasteiger partial charge in [-0.3, -0.25) is 9.88 Å². The Morgan fingerprint density at radius 3 is 2.58 bits per heavy atom. The second-order valence-electron chi connectivity index (χ2n) is 5.23. The van der Waals surface area contributed by atoms with Gasteiger partial charge in [0.05, 0.1) is 17.9 Å². The van der Waals surface area contributed by atoms with E-state index >= 15 is 0 Å². The SMILES string of the molecule is CC(C)CNCc1cccc(CN(C)CC(F)F)n1. The van der Waals surface area contributed by atoms with E-state index in [2.05, 4.69) is 24.1 Å². The maximum Gasteiger partial charge on any atom is 0.251 e. The van der Waals surface area contributed by atoms with Crippen LogP contribution in [-0.2, 0) is 13.1 Å². The van der Waals surface area contributed by atoms with E-state index in [-0.39, 0.29) is 6.54 Å². The fraction of sp³-hybridized carbons (Fsp3) is 0.643. The van der Waals surface area contributed by atoms with Crippen molar-refractivity contribution in [2.45, 2.75) is 33.4 Å². The van der Waals surface area contributed by atoms with Gasteiger partial charge in [0.15, 0.2) is 0 Å². The highest BCUT2D eigenvalue weighted by molar-refractivity contribution is 5.11. The fourth-order valence-electron chi connectivity index (χ4n) is 1.78. The van der Waals surface area contributed by atoms with Crippen LogP contribution in [0.5, 0.6) is 0 Å². The van der Waals surface area contributed by atoms with E-state index in [1.165, 1.54) is 0 Å². The summed E-state index contributed by atoms with van der Waals surface area (Å²) in [5.41, 5.74) is 1.77. The van der Waals surface area contributed by atoms with Crippen molar-refractivity contribution >= 4 is 0 Å². The first kappa shape index (κ1) is 16.0. The molecule has 1 aromatic rings. The van der Waals surface area contributed by atoms with Gasteiger partial charge in [0.2, 0.25) is 0 Å². The zero-order valence-electron chi connectivity index (χ0n) is 11.9. The second-order valence-corrected chi connectivity index (χ2v) is 5.23. The third kappa shape index (κ3) is 7.18. The summed E-state index contributed by atoms with van der Waals surface area (Å²) in [5, 5.41) is 3.32. The van der Waals surface area contributed by atoms with Gasteiger partial charge < -0.3 is 5.32 Å². The average Bonchev–Trinajstić information content (AvgIpc) is 2.27. The van der Waals surface area contributed by atoms with E-state index in [1.807, 2.05) is 18.2 Å². The van der Waals surface area contributed by atoms with Crippen LogP contribution in [0, 0.1) is 5.92 Å². The summed E-state index contributed by atoms with van der Waals surface area (Å²) in [6.07, 6.45) is -2.30. The molecule has 0 aliphatic heterocycles. The molecule has 3 nitrogen and oxygen atoms in total. The molecule has 1 rings (SSSR count). The molecule has 1 heterocycles. The first-order valence-electron chi connectivity index (χ1n) is 6.59. The molecule has 0 atom stereocenters. The summed E-state index contributed by atoms with van der Waals surface area (Å²) in [5.74, 6) is 0.598. The third-order valence-corrected chi connectivity index (χ3v) is 2.60. The molecule has 0 fully saturated rings. The Balaban J connectivity index is 2.47. The maximum atomic E-state index is 12.2. The fourth-order valence-corrected chi connectivity index (χ4v) is 1.78. The molecule has 1 aromatic heterocycles. The number of alkyl halides is 2. The molecule has 0 radical (unpaired) electrons. The van der Waals surface area contributed by atoms with Gasteiger partial charge in [-0.1, -0.05) is 19.9 Å². The molecule has 0 unspecified atom stereocenters. The summed E-state index contributed by atoms with van der Waals surface area (Å²) in [6, 6.07) is 5.74. The van der Waals surface area contributed by atoms with Gasteiger partial charge in [0.25, 0.3) is 6.43 Å². The molecule has 0 aromatic carbocycles. The van der Waals surface area contributed by atoms with Crippen LogP contribution in [-0.4, -0.2) is 36.4 Å². The first-order valence-corrected chi connectivity index (χ1v) is 6.59. The summed E-state index contributed by atoms with van der Waals surface area (Å²) < 4.78 is 24.5. The molecule has 1 N–H and O–H groups in total. The van der Waals surface area contributed by atoms with Crippen LogP contribution < -0.4 is 5.32 Å². The van der Waals surface area contributed by atoms with E-state index in [4.69, 9.17) is 0 Å². The quantitative estimate of drug-likeness (QED) is 0.787. The van der Waals surface area contributed by atoms with Crippen LogP contribution in [0.3, 0.4) is 0 Å². The standard InChI is InChI=1S/C14H23F2N3/c1-11(2)7-17-8-12-5-4-6-13(18-12)9-19(3)10-14(15)16/h4-6,11,14,17H,7-10H2,1-3H3. The van der Waals surface area contributed by atoms with Crippen LogP contribution in [0.4, 0.5) is 8.78 Å². The topological polar surface area (TPSA) is 28.2 Å². The largest absolute Gasteiger partial charge is 0.311 e. The monoisotopic (exact) mass is 271 g/mol. The minimum absolute atomic E-state index is 0.225. The molecule has 0 amide bonds. The van der Waals surface area contributed by atoms with Gasteiger partial charge in [0, 0.05) is 13.1 Å². The van der Waals surface area contributed by atoms with Gasteiger partial charge in [-0.05, 0) is 31.6 Å². The Morgan fingerprint density at radius 1 is 1.26 bits per heavy atom. The Bertz CT molecular complexity index is 369. The Kier molecular flexibility index (Phi) is 6.87. The molecule has 0 bridgehead atoms. The molecular formula is C14H23F2N3. The number of hydrogen-bond donors (Lipinski definition) is 1. The van der Waals surface area contributed by atoms with Gasteiger partial charge in [-0.25, -0.2) is 8.78 Å². The number of nitrogens with zero attached hydrogens (tertiary/aromatic N) is 2. The molecule has 5 heteroatoms.